The second-order valence-electron chi connectivity index (χ2n) is 10.6. The van der Waals surface area contributed by atoms with Gasteiger partial charge in [0.25, 0.3) is 5.91 Å². The fourth-order valence-electron chi connectivity index (χ4n) is 5.28. The molecule has 0 bridgehead atoms. The van der Waals surface area contributed by atoms with E-state index in [0.29, 0.717) is 33.6 Å². The molecule has 0 spiro atoms. The Morgan fingerprint density at radius 1 is 0.837 bits per heavy atom. The topological polar surface area (TPSA) is 103 Å². The van der Waals surface area contributed by atoms with Gasteiger partial charge in [0, 0.05) is 34.6 Å². The minimum Gasteiger partial charge on any atom is -0.481 e. The van der Waals surface area contributed by atoms with Gasteiger partial charge in [-0.15, -0.1) is 0 Å². The second-order valence-corrected chi connectivity index (χ2v) is 11.0. The fourth-order valence-corrected chi connectivity index (χ4v) is 5.47. The van der Waals surface area contributed by atoms with Crippen LogP contribution in [0, 0.1) is 11.6 Å². The number of amides is 1. The van der Waals surface area contributed by atoms with Crippen molar-refractivity contribution in [2.24, 2.45) is 0 Å². The third kappa shape index (κ3) is 7.48. The van der Waals surface area contributed by atoms with Crippen LogP contribution in [-0.4, -0.2) is 44.0 Å². The van der Waals surface area contributed by atoms with Crippen LogP contribution in [0.2, 0.25) is 0 Å². The van der Waals surface area contributed by atoms with Gasteiger partial charge in [0.15, 0.2) is 0 Å². The van der Waals surface area contributed by atoms with E-state index in [1.54, 1.807) is 54.6 Å². The van der Waals surface area contributed by atoms with Crippen LogP contribution in [0.25, 0.3) is 22.3 Å². The number of halogens is 3. The van der Waals surface area contributed by atoms with Gasteiger partial charge < -0.3 is 19.9 Å². The molecule has 2 unspecified atom stereocenters. The van der Waals surface area contributed by atoms with Crippen LogP contribution in [0.1, 0.15) is 55.3 Å². The van der Waals surface area contributed by atoms with Gasteiger partial charge in [-0.05, 0) is 80.6 Å². The zero-order valence-corrected chi connectivity index (χ0v) is 24.5. The lowest BCUT2D eigenvalue weighted by Gasteiger charge is -2.21. The Morgan fingerprint density at radius 2 is 1.37 bits per heavy atom. The second kappa shape index (κ2) is 13.9. The van der Waals surface area contributed by atoms with Gasteiger partial charge in [-0.3, -0.25) is 9.59 Å². The Labute approximate surface area is 253 Å². The molecule has 4 aromatic rings. The molecule has 0 saturated carbocycles. The summed E-state index contributed by atoms with van der Waals surface area (Å²) < 4.78 is 30.9. The van der Waals surface area contributed by atoms with Crippen molar-refractivity contribution in [3.05, 3.63) is 102 Å². The maximum Gasteiger partial charge on any atom is 0.305 e. The van der Waals surface area contributed by atoms with E-state index in [1.165, 1.54) is 24.3 Å². The number of hydrogen-bond acceptors (Lipinski definition) is 4. The van der Waals surface area contributed by atoms with Gasteiger partial charge in [-0.2, -0.15) is 0 Å². The maximum absolute atomic E-state index is 14.3. The van der Waals surface area contributed by atoms with Crippen LogP contribution in [0.3, 0.4) is 0 Å². The standard InChI is InChI=1S/C33H33ClF2N2O5/c1-20(2)37-28(17-16-26(39)18-27(40)19-29(41)42)30(21-8-12-23(35)13-9-21)31(22-10-14-24(36)15-11-22)32(37)33(43)38(34)25-6-4-3-5-7-25/h3-15,20,26-27,39-40H,16-19H2,1-2H3,(H,41,42). The molecule has 0 aliphatic heterocycles. The third-order valence-electron chi connectivity index (χ3n) is 7.12. The third-order valence-corrected chi connectivity index (χ3v) is 7.47. The van der Waals surface area contributed by atoms with Crippen molar-refractivity contribution >= 4 is 29.3 Å². The first-order valence-electron chi connectivity index (χ1n) is 13.9. The monoisotopic (exact) mass is 610 g/mol. The Balaban J connectivity index is 1.95. The number of aromatic nitrogens is 1. The fraction of sp³-hybridized carbons (Fsp3) is 0.273. The number of nitrogens with zero attached hydrogens (tertiary/aromatic N) is 2. The van der Waals surface area contributed by atoms with Gasteiger partial charge in [0.05, 0.1) is 24.3 Å². The Hall–Kier alpha value is -4.05. The zero-order valence-electron chi connectivity index (χ0n) is 23.8. The Morgan fingerprint density at radius 3 is 1.88 bits per heavy atom. The van der Waals surface area contributed by atoms with Crippen LogP contribution in [-0.2, 0) is 11.2 Å². The van der Waals surface area contributed by atoms with Crippen LogP contribution in [0.4, 0.5) is 14.5 Å². The summed E-state index contributed by atoms with van der Waals surface area (Å²) in [5.74, 6) is -2.64. The molecule has 0 radical (unpaired) electrons. The number of rotatable bonds is 12. The number of carboxylic acids is 1. The largest absolute Gasteiger partial charge is 0.481 e. The molecule has 10 heteroatoms. The summed E-state index contributed by atoms with van der Waals surface area (Å²) in [6.45, 7) is 3.77. The highest BCUT2D eigenvalue weighted by molar-refractivity contribution is 6.39. The predicted octanol–water partition coefficient (Wildman–Crippen LogP) is 7.00. The average Bonchev–Trinajstić information content (AvgIpc) is 3.31. The molecule has 2 atom stereocenters. The molecule has 226 valence electrons. The number of carboxylic acid groups (broad SMARTS) is 1. The molecule has 0 aliphatic rings. The summed E-state index contributed by atoms with van der Waals surface area (Å²) in [6.07, 6.45) is -2.60. The molecule has 0 fully saturated rings. The van der Waals surface area contributed by atoms with Crippen LogP contribution < -0.4 is 4.42 Å². The lowest BCUT2D eigenvalue weighted by Crippen LogP contribution is -2.26. The maximum atomic E-state index is 14.3. The van der Waals surface area contributed by atoms with Gasteiger partial charge in [0.2, 0.25) is 0 Å². The summed E-state index contributed by atoms with van der Waals surface area (Å²) in [7, 11) is 0. The summed E-state index contributed by atoms with van der Waals surface area (Å²) >= 11 is 6.65. The lowest BCUT2D eigenvalue weighted by atomic mass is 9.92. The molecule has 1 amide bonds. The van der Waals surface area contributed by atoms with E-state index in [4.69, 9.17) is 16.9 Å². The van der Waals surface area contributed by atoms with Crippen molar-refractivity contribution in [1.29, 1.82) is 0 Å². The highest BCUT2D eigenvalue weighted by Gasteiger charge is 2.33. The van der Waals surface area contributed by atoms with E-state index < -0.39 is 42.1 Å². The molecule has 4 rings (SSSR count). The highest BCUT2D eigenvalue weighted by atomic mass is 35.5. The van der Waals surface area contributed by atoms with Crippen molar-refractivity contribution in [1.82, 2.24) is 4.57 Å². The van der Waals surface area contributed by atoms with Crippen molar-refractivity contribution in [2.75, 3.05) is 4.42 Å². The minimum atomic E-state index is -1.23. The first-order valence-corrected chi connectivity index (χ1v) is 14.2. The smallest absolute Gasteiger partial charge is 0.305 e. The minimum absolute atomic E-state index is 0.126. The number of aliphatic hydroxyl groups is 2. The first-order chi connectivity index (χ1) is 20.5. The average molecular weight is 611 g/mol. The summed E-state index contributed by atoms with van der Waals surface area (Å²) in [4.78, 5) is 25.3. The van der Waals surface area contributed by atoms with Crippen LogP contribution in [0.5, 0.6) is 0 Å². The predicted molar refractivity (Wildman–Crippen MR) is 162 cm³/mol. The molecule has 0 aliphatic carbocycles. The molecule has 3 aromatic carbocycles. The lowest BCUT2D eigenvalue weighted by molar-refractivity contribution is -0.139. The number of aliphatic hydroxyl groups excluding tert-OH is 2. The zero-order chi connectivity index (χ0) is 31.3. The van der Waals surface area contributed by atoms with Gasteiger partial charge in [-0.25, -0.2) is 13.2 Å². The summed E-state index contributed by atoms with van der Waals surface area (Å²) in [5.41, 5.74) is 3.45. The van der Waals surface area contributed by atoms with E-state index in [-0.39, 0.29) is 31.0 Å². The normalized spacial score (nSPS) is 12.7. The molecule has 43 heavy (non-hydrogen) atoms. The van der Waals surface area contributed by atoms with E-state index in [9.17, 15) is 28.6 Å². The molecule has 1 heterocycles. The molecule has 7 nitrogen and oxygen atoms in total. The number of carbonyl (C=O) groups is 2. The number of hydrogen-bond donors (Lipinski definition) is 3. The number of para-hydroxylation sites is 1. The summed E-state index contributed by atoms with van der Waals surface area (Å²) in [6, 6.07) is 19.8. The van der Waals surface area contributed by atoms with Crippen molar-refractivity contribution in [3.63, 3.8) is 0 Å². The van der Waals surface area contributed by atoms with Gasteiger partial charge in [-0.1, -0.05) is 42.5 Å². The number of carbonyl (C=O) groups excluding carboxylic acids is 1. The van der Waals surface area contributed by atoms with E-state index in [2.05, 4.69) is 0 Å². The number of anilines is 1. The molecular formula is C33H33ClF2N2O5. The van der Waals surface area contributed by atoms with E-state index in [1.807, 2.05) is 18.4 Å². The quantitative estimate of drug-likeness (QED) is 0.150. The van der Waals surface area contributed by atoms with E-state index >= 15 is 0 Å². The Bertz CT molecular complexity index is 1560. The van der Waals surface area contributed by atoms with E-state index in [0.717, 1.165) is 4.42 Å². The van der Waals surface area contributed by atoms with Crippen LogP contribution >= 0.6 is 11.8 Å². The molecule has 0 saturated heterocycles. The van der Waals surface area contributed by atoms with Crippen LogP contribution in [0.15, 0.2) is 78.9 Å². The summed E-state index contributed by atoms with van der Waals surface area (Å²) in [5, 5.41) is 29.8. The first kappa shape index (κ1) is 31.9. The molecular weight excluding hydrogens is 578 g/mol. The number of aliphatic carboxylic acids is 1. The highest BCUT2D eigenvalue weighted by Crippen LogP contribution is 2.43. The Kier molecular flexibility index (Phi) is 10.3. The van der Waals surface area contributed by atoms with Crippen molar-refractivity contribution in [3.8, 4) is 22.3 Å². The van der Waals surface area contributed by atoms with Gasteiger partial charge in [0.1, 0.15) is 17.3 Å². The SMILES string of the molecule is CC(C)n1c(CCC(O)CC(O)CC(=O)O)c(-c2ccc(F)cc2)c(-c2ccc(F)cc2)c1C(=O)N(Cl)c1ccccc1. The molecule has 3 N–H and O–H groups in total. The van der Waals surface area contributed by atoms with Gasteiger partial charge >= 0.3 is 5.97 Å². The van der Waals surface area contributed by atoms with Crippen molar-refractivity contribution in [2.45, 2.75) is 57.8 Å². The number of benzene rings is 3. The molecule has 1 aromatic heterocycles. The van der Waals surface area contributed by atoms with Crippen molar-refractivity contribution < 1.29 is 33.7 Å².